The number of nitrogens with zero attached hydrogens (tertiary/aromatic N) is 1. The zero-order valence-electron chi connectivity index (χ0n) is 10.8. The summed E-state index contributed by atoms with van der Waals surface area (Å²) >= 11 is 0. The second-order valence-electron chi connectivity index (χ2n) is 3.93. The highest BCUT2D eigenvalue weighted by molar-refractivity contribution is 7.91. The van der Waals surface area contributed by atoms with Crippen molar-refractivity contribution >= 4 is 9.84 Å². The Labute approximate surface area is 100 Å². The van der Waals surface area contributed by atoms with Gasteiger partial charge < -0.3 is 10.2 Å². The molecule has 0 rings (SSSR count). The van der Waals surface area contributed by atoms with Gasteiger partial charge in [0.2, 0.25) is 0 Å². The molecule has 0 radical (unpaired) electrons. The largest absolute Gasteiger partial charge is 0.314 e. The van der Waals surface area contributed by atoms with E-state index in [1.54, 1.807) is 0 Å². The third-order valence-corrected chi connectivity index (χ3v) is 4.46. The second kappa shape index (κ2) is 8.96. The molecule has 0 spiro atoms. The standard InChI is InChI=1S/C11H26N2O2S/c1-4-10-16(14,15)11-8-12-7-9-13(5-2)6-3/h12H,4-11H2,1-3H3. The Morgan fingerprint density at radius 3 is 2.12 bits per heavy atom. The summed E-state index contributed by atoms with van der Waals surface area (Å²) in [7, 11) is -2.82. The molecule has 0 aromatic heterocycles. The van der Waals surface area contributed by atoms with Gasteiger partial charge in [0.1, 0.15) is 0 Å². The fourth-order valence-electron chi connectivity index (χ4n) is 1.54. The van der Waals surface area contributed by atoms with Crippen LogP contribution in [-0.2, 0) is 9.84 Å². The van der Waals surface area contributed by atoms with E-state index in [1.165, 1.54) is 0 Å². The van der Waals surface area contributed by atoms with E-state index in [1.807, 2.05) is 6.92 Å². The Balaban J connectivity index is 3.53. The highest BCUT2D eigenvalue weighted by atomic mass is 32.2. The molecule has 0 aliphatic carbocycles. The van der Waals surface area contributed by atoms with E-state index in [-0.39, 0.29) is 5.75 Å². The number of rotatable bonds is 10. The third kappa shape index (κ3) is 8.07. The lowest BCUT2D eigenvalue weighted by Crippen LogP contribution is -2.34. The summed E-state index contributed by atoms with van der Waals surface area (Å²) in [6.07, 6.45) is 0.710. The van der Waals surface area contributed by atoms with E-state index in [0.717, 1.165) is 26.2 Å². The van der Waals surface area contributed by atoms with Crippen LogP contribution in [0.5, 0.6) is 0 Å². The molecule has 0 bridgehead atoms. The Kier molecular flexibility index (Phi) is 8.89. The van der Waals surface area contributed by atoms with Gasteiger partial charge in [-0.25, -0.2) is 8.42 Å². The van der Waals surface area contributed by atoms with E-state index in [2.05, 4.69) is 24.1 Å². The molecule has 5 heteroatoms. The number of nitrogens with one attached hydrogen (secondary N) is 1. The maximum Gasteiger partial charge on any atom is 0.151 e. The number of likely N-dealkylation sites (N-methyl/N-ethyl adjacent to an activating group) is 1. The minimum Gasteiger partial charge on any atom is -0.314 e. The summed E-state index contributed by atoms with van der Waals surface area (Å²) in [6.45, 7) is 10.7. The van der Waals surface area contributed by atoms with E-state index in [9.17, 15) is 8.42 Å². The Morgan fingerprint density at radius 1 is 1.00 bits per heavy atom. The second-order valence-corrected chi connectivity index (χ2v) is 6.23. The topological polar surface area (TPSA) is 49.4 Å². The molecule has 0 unspecified atom stereocenters. The van der Waals surface area contributed by atoms with Crippen LogP contribution < -0.4 is 5.32 Å². The van der Waals surface area contributed by atoms with Crippen molar-refractivity contribution < 1.29 is 8.42 Å². The monoisotopic (exact) mass is 250 g/mol. The zero-order chi connectivity index (χ0) is 12.4. The van der Waals surface area contributed by atoms with Crippen molar-refractivity contribution in [1.82, 2.24) is 10.2 Å². The van der Waals surface area contributed by atoms with Crippen molar-refractivity contribution in [2.45, 2.75) is 27.2 Å². The van der Waals surface area contributed by atoms with Crippen molar-refractivity contribution in [2.75, 3.05) is 44.2 Å². The van der Waals surface area contributed by atoms with Gasteiger partial charge >= 0.3 is 0 Å². The smallest absolute Gasteiger partial charge is 0.151 e. The summed E-state index contributed by atoms with van der Waals surface area (Å²) in [5.41, 5.74) is 0. The average Bonchev–Trinajstić information content (AvgIpc) is 2.23. The first-order valence-corrected chi connectivity index (χ1v) is 8.01. The summed E-state index contributed by atoms with van der Waals surface area (Å²) in [5, 5.41) is 3.18. The van der Waals surface area contributed by atoms with Crippen LogP contribution in [0.25, 0.3) is 0 Å². The molecule has 0 atom stereocenters. The van der Waals surface area contributed by atoms with Crippen LogP contribution in [0, 0.1) is 0 Å². The van der Waals surface area contributed by atoms with E-state index in [4.69, 9.17) is 0 Å². The molecule has 0 aliphatic rings. The first-order valence-electron chi connectivity index (χ1n) is 6.19. The molecule has 0 fully saturated rings. The van der Waals surface area contributed by atoms with Crippen LogP contribution in [0.2, 0.25) is 0 Å². The molecule has 0 saturated carbocycles. The van der Waals surface area contributed by atoms with Crippen LogP contribution in [-0.4, -0.2) is 57.5 Å². The molecule has 1 N–H and O–H groups in total. The van der Waals surface area contributed by atoms with Crippen LogP contribution in [0.15, 0.2) is 0 Å². The Hall–Kier alpha value is -0.130. The van der Waals surface area contributed by atoms with Crippen molar-refractivity contribution in [1.29, 1.82) is 0 Å². The van der Waals surface area contributed by atoms with Crippen LogP contribution >= 0.6 is 0 Å². The van der Waals surface area contributed by atoms with Gasteiger partial charge in [-0.15, -0.1) is 0 Å². The van der Waals surface area contributed by atoms with Gasteiger partial charge in [0, 0.05) is 25.4 Å². The summed E-state index contributed by atoms with van der Waals surface area (Å²) in [5.74, 6) is 0.573. The van der Waals surface area contributed by atoms with E-state index >= 15 is 0 Å². The predicted octanol–water partition coefficient (Wildman–Crippen LogP) is 0.743. The molecular weight excluding hydrogens is 224 g/mol. The fourth-order valence-corrected chi connectivity index (χ4v) is 2.82. The number of hydrogen-bond acceptors (Lipinski definition) is 4. The van der Waals surface area contributed by atoms with Gasteiger partial charge in [-0.2, -0.15) is 0 Å². The first kappa shape index (κ1) is 15.9. The zero-order valence-corrected chi connectivity index (χ0v) is 11.6. The lowest BCUT2D eigenvalue weighted by atomic mass is 10.4. The molecule has 0 amide bonds. The van der Waals surface area contributed by atoms with Gasteiger partial charge in [-0.1, -0.05) is 20.8 Å². The molecule has 0 aromatic carbocycles. The maximum atomic E-state index is 11.4. The van der Waals surface area contributed by atoms with E-state index in [0.29, 0.717) is 18.7 Å². The van der Waals surface area contributed by atoms with Gasteiger partial charge in [-0.05, 0) is 19.5 Å². The highest BCUT2D eigenvalue weighted by Gasteiger charge is 2.08. The average molecular weight is 250 g/mol. The van der Waals surface area contributed by atoms with Gasteiger partial charge in [0.15, 0.2) is 9.84 Å². The predicted molar refractivity (Wildman–Crippen MR) is 69.6 cm³/mol. The summed E-state index contributed by atoms with van der Waals surface area (Å²) < 4.78 is 22.8. The number of sulfone groups is 1. The van der Waals surface area contributed by atoms with Gasteiger partial charge in [-0.3, -0.25) is 0 Å². The minimum absolute atomic E-state index is 0.263. The molecular formula is C11H26N2O2S. The normalized spacial score (nSPS) is 12.2. The van der Waals surface area contributed by atoms with Gasteiger partial charge in [0.05, 0.1) is 5.75 Å². The van der Waals surface area contributed by atoms with Crippen LogP contribution in [0.4, 0.5) is 0 Å². The molecule has 0 aliphatic heterocycles. The van der Waals surface area contributed by atoms with Crippen molar-refractivity contribution in [3.63, 3.8) is 0 Å². The van der Waals surface area contributed by atoms with Crippen molar-refractivity contribution in [2.24, 2.45) is 0 Å². The third-order valence-electron chi connectivity index (χ3n) is 2.60. The summed E-state index contributed by atoms with van der Waals surface area (Å²) in [4.78, 5) is 2.31. The highest BCUT2D eigenvalue weighted by Crippen LogP contribution is 1.92. The van der Waals surface area contributed by atoms with Crippen molar-refractivity contribution in [3.8, 4) is 0 Å². The van der Waals surface area contributed by atoms with Crippen molar-refractivity contribution in [3.05, 3.63) is 0 Å². The molecule has 0 saturated heterocycles. The molecule has 16 heavy (non-hydrogen) atoms. The van der Waals surface area contributed by atoms with E-state index < -0.39 is 9.84 Å². The van der Waals surface area contributed by atoms with Crippen LogP contribution in [0.1, 0.15) is 27.2 Å². The van der Waals surface area contributed by atoms with Crippen LogP contribution in [0.3, 0.4) is 0 Å². The molecule has 98 valence electrons. The summed E-state index contributed by atoms with van der Waals surface area (Å²) in [6, 6.07) is 0. The number of hydrogen-bond donors (Lipinski definition) is 1. The fraction of sp³-hybridized carbons (Fsp3) is 1.00. The Bertz CT molecular complexity index is 249. The minimum atomic E-state index is -2.82. The quantitative estimate of drug-likeness (QED) is 0.581. The Morgan fingerprint density at radius 2 is 1.62 bits per heavy atom. The SMILES string of the molecule is CCCS(=O)(=O)CCNCCN(CC)CC. The van der Waals surface area contributed by atoms with Gasteiger partial charge in [0.25, 0.3) is 0 Å². The lowest BCUT2D eigenvalue weighted by Gasteiger charge is -2.17. The first-order chi connectivity index (χ1) is 7.55. The molecule has 4 nitrogen and oxygen atoms in total. The molecule has 0 heterocycles. The lowest BCUT2D eigenvalue weighted by molar-refractivity contribution is 0.303. The maximum absolute atomic E-state index is 11.4. The molecule has 0 aromatic rings.